The molecule has 3 amide bonds. The Hall–Kier alpha value is -5.26. The molecule has 0 unspecified atom stereocenters. The van der Waals surface area contributed by atoms with Crippen LogP contribution in [0.2, 0.25) is 0 Å². The van der Waals surface area contributed by atoms with E-state index in [4.69, 9.17) is 9.47 Å². The summed E-state index contributed by atoms with van der Waals surface area (Å²) in [6, 6.07) is 14.5. The number of imide groups is 1. The number of benzene rings is 3. The molecule has 0 aliphatic carbocycles. The summed E-state index contributed by atoms with van der Waals surface area (Å²) >= 11 is 0. The van der Waals surface area contributed by atoms with Gasteiger partial charge in [0.1, 0.15) is 5.70 Å². The molecule has 1 N–H and O–H groups in total. The topological polar surface area (TPSA) is 154 Å². The number of non-ortho nitro benzene ring substituents is 1. The van der Waals surface area contributed by atoms with Crippen LogP contribution in [0.1, 0.15) is 16.7 Å². The van der Waals surface area contributed by atoms with Crippen molar-refractivity contribution in [1.82, 2.24) is 10.2 Å². The molecule has 0 saturated carbocycles. The third kappa shape index (κ3) is 5.37. The normalized spacial score (nSPS) is 14.0. The van der Waals surface area contributed by atoms with Crippen LogP contribution in [0.25, 0.3) is 6.08 Å². The van der Waals surface area contributed by atoms with Crippen molar-refractivity contribution in [3.05, 3.63) is 103 Å². The van der Waals surface area contributed by atoms with Gasteiger partial charge in [0.2, 0.25) is 5.75 Å². The number of nitro groups is 2. The third-order valence-electron chi connectivity index (χ3n) is 5.49. The molecule has 0 aromatic heterocycles. The molecule has 0 spiro atoms. The number of aryl methyl sites for hydroxylation is 1. The van der Waals surface area contributed by atoms with Crippen LogP contribution in [-0.4, -0.2) is 33.8 Å². The van der Waals surface area contributed by atoms with Crippen LogP contribution in [0.15, 0.2) is 66.4 Å². The monoisotopic (exact) mass is 504 g/mol. The number of hydrogen-bond acceptors (Lipinski definition) is 8. The highest BCUT2D eigenvalue weighted by molar-refractivity contribution is 6.13. The lowest BCUT2D eigenvalue weighted by molar-refractivity contribution is -0.394. The first-order valence-corrected chi connectivity index (χ1v) is 10.8. The number of hydrogen-bond donors (Lipinski definition) is 1. The molecule has 0 radical (unpaired) electrons. The van der Waals surface area contributed by atoms with Gasteiger partial charge >= 0.3 is 11.7 Å². The number of amides is 3. The molecule has 12 nitrogen and oxygen atoms in total. The number of urea groups is 1. The molecule has 1 saturated heterocycles. The standard InChI is InChI=1S/C25H20N4O8/c1-15-3-5-16(6-4-15)14-27-24(30)19(26-25(27)31)11-17-7-9-22(23(12-17)36-2)37-21-10-8-18(28(32)33)13-20(21)29(34)35/h3-13H,14H2,1-2H3,(H,26,31)/b19-11+. The van der Waals surface area contributed by atoms with Gasteiger partial charge in [-0.3, -0.25) is 29.9 Å². The lowest BCUT2D eigenvalue weighted by Crippen LogP contribution is -2.30. The van der Waals surface area contributed by atoms with Crippen molar-refractivity contribution in [3.63, 3.8) is 0 Å². The first-order valence-electron chi connectivity index (χ1n) is 10.8. The summed E-state index contributed by atoms with van der Waals surface area (Å²) in [5, 5.41) is 24.9. The fourth-order valence-corrected chi connectivity index (χ4v) is 3.58. The number of nitrogens with one attached hydrogen (secondary N) is 1. The van der Waals surface area contributed by atoms with E-state index in [-0.39, 0.29) is 29.5 Å². The van der Waals surface area contributed by atoms with Gasteiger partial charge in [-0.05, 0) is 42.3 Å². The maximum atomic E-state index is 12.8. The summed E-state index contributed by atoms with van der Waals surface area (Å²) in [6.07, 6.45) is 1.47. The fourth-order valence-electron chi connectivity index (χ4n) is 3.58. The highest BCUT2D eigenvalue weighted by Gasteiger charge is 2.33. The molecule has 188 valence electrons. The molecular formula is C25H20N4O8. The van der Waals surface area contributed by atoms with Gasteiger partial charge in [-0.25, -0.2) is 4.79 Å². The molecule has 12 heteroatoms. The van der Waals surface area contributed by atoms with E-state index in [2.05, 4.69) is 5.32 Å². The summed E-state index contributed by atoms with van der Waals surface area (Å²) in [5.74, 6) is -0.434. The minimum absolute atomic E-state index is 0.0684. The second-order valence-corrected chi connectivity index (χ2v) is 8.04. The fraction of sp³-hybridized carbons (Fsp3) is 0.120. The number of nitrogens with zero attached hydrogens (tertiary/aromatic N) is 3. The average Bonchev–Trinajstić information content (AvgIpc) is 3.13. The first-order chi connectivity index (χ1) is 17.7. The maximum absolute atomic E-state index is 12.8. The van der Waals surface area contributed by atoms with Crippen LogP contribution < -0.4 is 14.8 Å². The van der Waals surface area contributed by atoms with Crippen LogP contribution >= 0.6 is 0 Å². The maximum Gasteiger partial charge on any atom is 0.329 e. The van der Waals surface area contributed by atoms with E-state index in [0.717, 1.165) is 34.2 Å². The predicted octanol–water partition coefficient (Wildman–Crippen LogP) is 4.71. The van der Waals surface area contributed by atoms with Crippen molar-refractivity contribution in [2.75, 3.05) is 7.11 Å². The Morgan fingerprint density at radius 2 is 1.62 bits per heavy atom. The van der Waals surface area contributed by atoms with Crippen LogP contribution in [0.5, 0.6) is 17.2 Å². The van der Waals surface area contributed by atoms with Crippen LogP contribution in [-0.2, 0) is 11.3 Å². The van der Waals surface area contributed by atoms with E-state index >= 15 is 0 Å². The van der Waals surface area contributed by atoms with E-state index in [1.807, 2.05) is 31.2 Å². The van der Waals surface area contributed by atoms with E-state index in [1.165, 1.54) is 25.3 Å². The molecule has 1 fully saturated rings. The summed E-state index contributed by atoms with van der Waals surface area (Å²) in [5.41, 5.74) is 1.38. The number of rotatable bonds is 8. The third-order valence-corrected chi connectivity index (χ3v) is 5.49. The van der Waals surface area contributed by atoms with E-state index in [9.17, 15) is 29.8 Å². The Kier molecular flexibility index (Phi) is 6.82. The smallest absolute Gasteiger partial charge is 0.329 e. The van der Waals surface area contributed by atoms with Crippen molar-refractivity contribution < 1.29 is 28.9 Å². The van der Waals surface area contributed by atoms with Gasteiger partial charge in [0, 0.05) is 6.07 Å². The van der Waals surface area contributed by atoms with Crippen LogP contribution in [0, 0.1) is 27.2 Å². The predicted molar refractivity (Wildman–Crippen MR) is 131 cm³/mol. The number of methoxy groups -OCH3 is 1. The Balaban J connectivity index is 1.57. The highest BCUT2D eigenvalue weighted by atomic mass is 16.6. The van der Waals surface area contributed by atoms with Gasteiger partial charge in [0.05, 0.1) is 29.6 Å². The van der Waals surface area contributed by atoms with Gasteiger partial charge in [-0.15, -0.1) is 0 Å². The van der Waals surface area contributed by atoms with E-state index in [0.29, 0.717) is 5.56 Å². The molecule has 0 atom stereocenters. The Labute approximate surface area is 210 Å². The van der Waals surface area contributed by atoms with E-state index < -0.39 is 33.2 Å². The van der Waals surface area contributed by atoms with Crippen molar-refractivity contribution in [2.45, 2.75) is 13.5 Å². The van der Waals surface area contributed by atoms with Gasteiger partial charge in [-0.1, -0.05) is 35.9 Å². The molecule has 3 aromatic carbocycles. The van der Waals surface area contributed by atoms with Gasteiger partial charge < -0.3 is 14.8 Å². The minimum atomic E-state index is -0.787. The first kappa shape index (κ1) is 24.9. The number of carbonyl (C=O) groups excluding carboxylic acids is 2. The molecule has 37 heavy (non-hydrogen) atoms. The molecular weight excluding hydrogens is 484 g/mol. The van der Waals surface area contributed by atoms with Crippen molar-refractivity contribution in [3.8, 4) is 17.2 Å². The summed E-state index contributed by atoms with van der Waals surface area (Å²) < 4.78 is 11.0. The Morgan fingerprint density at radius 3 is 2.27 bits per heavy atom. The lowest BCUT2D eigenvalue weighted by Gasteiger charge is -2.12. The number of carbonyl (C=O) groups is 2. The highest BCUT2D eigenvalue weighted by Crippen LogP contribution is 2.38. The SMILES string of the molecule is COc1cc(/C=C2/NC(=O)N(Cc3ccc(C)cc3)C2=O)ccc1Oc1ccc([N+](=O)[O-])cc1[N+](=O)[O-]. The number of ether oxygens (including phenoxy) is 2. The van der Waals surface area contributed by atoms with Crippen molar-refractivity contribution >= 4 is 29.4 Å². The van der Waals surface area contributed by atoms with E-state index in [1.54, 1.807) is 6.07 Å². The molecule has 3 aromatic rings. The van der Waals surface area contributed by atoms with Crippen LogP contribution in [0.4, 0.5) is 16.2 Å². The summed E-state index contributed by atoms with van der Waals surface area (Å²) in [6.45, 7) is 2.06. The second kappa shape index (κ2) is 10.2. The molecule has 4 rings (SSSR count). The largest absolute Gasteiger partial charge is 0.493 e. The van der Waals surface area contributed by atoms with Gasteiger partial charge in [0.15, 0.2) is 11.5 Å². The molecule has 0 bridgehead atoms. The molecule has 1 heterocycles. The zero-order valence-corrected chi connectivity index (χ0v) is 19.7. The summed E-state index contributed by atoms with van der Waals surface area (Å²) in [4.78, 5) is 47.2. The summed E-state index contributed by atoms with van der Waals surface area (Å²) in [7, 11) is 1.36. The second-order valence-electron chi connectivity index (χ2n) is 8.04. The minimum Gasteiger partial charge on any atom is -0.493 e. The zero-order chi connectivity index (χ0) is 26.7. The lowest BCUT2D eigenvalue weighted by atomic mass is 10.1. The Bertz CT molecular complexity index is 1450. The zero-order valence-electron chi connectivity index (χ0n) is 19.7. The van der Waals surface area contributed by atoms with Crippen LogP contribution in [0.3, 0.4) is 0 Å². The van der Waals surface area contributed by atoms with Crippen molar-refractivity contribution in [2.24, 2.45) is 0 Å². The number of nitro benzene ring substituents is 2. The Morgan fingerprint density at radius 1 is 0.919 bits per heavy atom. The van der Waals surface area contributed by atoms with Crippen molar-refractivity contribution in [1.29, 1.82) is 0 Å². The quantitative estimate of drug-likeness (QED) is 0.200. The van der Waals surface area contributed by atoms with Gasteiger partial charge in [-0.2, -0.15) is 0 Å². The average molecular weight is 504 g/mol. The molecule has 1 aliphatic heterocycles. The van der Waals surface area contributed by atoms with Gasteiger partial charge in [0.25, 0.3) is 11.6 Å². The molecule has 1 aliphatic rings.